The highest BCUT2D eigenvalue weighted by Crippen LogP contribution is 2.30. The van der Waals surface area contributed by atoms with Crippen LogP contribution in [0.1, 0.15) is 20.9 Å². The predicted molar refractivity (Wildman–Crippen MR) is 115 cm³/mol. The number of aromatic nitrogens is 1. The van der Waals surface area contributed by atoms with E-state index in [9.17, 15) is 9.59 Å². The standard InChI is InChI=1S/C22H23N3O4S/c1-25(13-17-5-4-10-30-17)12-15-8-9-18(22(27)24-15)21(26)23-11-16-14-28-19-6-2-3-7-20(19)29-16/h2-10,16H,11-14H2,1H3,(H,23,26)(H,24,27). The molecule has 156 valence electrons. The highest BCUT2D eigenvalue weighted by atomic mass is 32.1. The molecule has 3 heterocycles. The number of hydrogen-bond donors (Lipinski definition) is 2. The van der Waals surface area contributed by atoms with Crippen LogP contribution in [0.3, 0.4) is 0 Å². The third-order valence-corrected chi connectivity index (χ3v) is 5.58. The molecule has 2 N–H and O–H groups in total. The molecule has 1 aliphatic heterocycles. The average Bonchev–Trinajstić information content (AvgIpc) is 3.25. The Morgan fingerprint density at radius 2 is 2.00 bits per heavy atom. The fraction of sp³-hybridized carbons (Fsp3) is 0.273. The van der Waals surface area contributed by atoms with Gasteiger partial charge in [0.25, 0.3) is 11.5 Å². The van der Waals surface area contributed by atoms with Gasteiger partial charge in [0.1, 0.15) is 18.3 Å². The number of aromatic amines is 1. The number of hydrogen-bond acceptors (Lipinski definition) is 6. The Kier molecular flexibility index (Phi) is 6.15. The summed E-state index contributed by atoms with van der Waals surface area (Å²) in [4.78, 5) is 31.0. The first kappa shape index (κ1) is 20.2. The van der Waals surface area contributed by atoms with Crippen molar-refractivity contribution in [2.75, 3.05) is 20.2 Å². The molecule has 0 saturated heterocycles. The summed E-state index contributed by atoms with van der Waals surface area (Å²) in [6, 6.07) is 14.8. The van der Waals surface area contributed by atoms with Crippen molar-refractivity contribution in [2.24, 2.45) is 0 Å². The number of benzene rings is 1. The first-order valence-electron chi connectivity index (χ1n) is 9.68. The van der Waals surface area contributed by atoms with Crippen LogP contribution in [-0.4, -0.2) is 42.1 Å². The molecule has 7 nitrogen and oxygen atoms in total. The summed E-state index contributed by atoms with van der Waals surface area (Å²) in [7, 11) is 1.99. The van der Waals surface area contributed by atoms with Crippen molar-refractivity contribution in [3.05, 3.63) is 80.4 Å². The second kappa shape index (κ2) is 9.15. The summed E-state index contributed by atoms with van der Waals surface area (Å²) in [6.45, 7) is 1.97. The monoisotopic (exact) mass is 425 g/mol. The largest absolute Gasteiger partial charge is 0.486 e. The molecule has 0 saturated carbocycles. The Hall–Kier alpha value is -3.10. The van der Waals surface area contributed by atoms with E-state index in [1.54, 1.807) is 23.5 Å². The van der Waals surface area contributed by atoms with Crippen LogP contribution in [0.15, 0.2) is 58.7 Å². The van der Waals surface area contributed by atoms with Crippen LogP contribution in [-0.2, 0) is 13.1 Å². The van der Waals surface area contributed by atoms with Crippen LogP contribution in [0.2, 0.25) is 0 Å². The van der Waals surface area contributed by atoms with Crippen LogP contribution in [0.5, 0.6) is 11.5 Å². The van der Waals surface area contributed by atoms with Crippen LogP contribution < -0.4 is 20.3 Å². The third-order valence-electron chi connectivity index (χ3n) is 4.72. The van der Waals surface area contributed by atoms with E-state index < -0.39 is 11.5 Å². The summed E-state index contributed by atoms with van der Waals surface area (Å²) < 4.78 is 11.5. The molecule has 1 unspecified atom stereocenters. The molecular formula is C22H23N3O4S. The molecule has 0 aliphatic carbocycles. The number of thiophene rings is 1. The van der Waals surface area contributed by atoms with Crippen molar-refractivity contribution in [1.82, 2.24) is 15.2 Å². The van der Waals surface area contributed by atoms with Crippen LogP contribution in [0.4, 0.5) is 0 Å². The Morgan fingerprint density at radius 3 is 2.77 bits per heavy atom. The van der Waals surface area contributed by atoms with Gasteiger partial charge in [0.05, 0.1) is 6.54 Å². The van der Waals surface area contributed by atoms with Gasteiger partial charge in [-0.3, -0.25) is 14.5 Å². The van der Waals surface area contributed by atoms with Crippen molar-refractivity contribution < 1.29 is 14.3 Å². The molecule has 1 aliphatic rings. The smallest absolute Gasteiger partial charge is 0.261 e. The molecule has 4 rings (SSSR count). The Morgan fingerprint density at radius 1 is 1.17 bits per heavy atom. The van der Waals surface area contributed by atoms with Crippen molar-refractivity contribution in [3.63, 3.8) is 0 Å². The zero-order valence-corrected chi connectivity index (χ0v) is 17.4. The first-order chi connectivity index (χ1) is 14.6. The van der Waals surface area contributed by atoms with Crippen LogP contribution >= 0.6 is 11.3 Å². The minimum atomic E-state index is -0.433. The molecule has 0 bridgehead atoms. The van der Waals surface area contributed by atoms with E-state index in [2.05, 4.69) is 21.3 Å². The third kappa shape index (κ3) is 4.90. The maximum atomic E-state index is 12.5. The van der Waals surface area contributed by atoms with E-state index in [4.69, 9.17) is 9.47 Å². The lowest BCUT2D eigenvalue weighted by molar-refractivity contribution is 0.0788. The number of nitrogens with zero attached hydrogens (tertiary/aromatic N) is 1. The second-order valence-electron chi connectivity index (χ2n) is 7.19. The summed E-state index contributed by atoms with van der Waals surface area (Å²) in [6.07, 6.45) is -0.312. The van der Waals surface area contributed by atoms with Crippen LogP contribution in [0, 0.1) is 0 Å². The normalized spacial score (nSPS) is 15.2. The van der Waals surface area contributed by atoms with Crippen molar-refractivity contribution >= 4 is 17.2 Å². The number of H-pyrrole nitrogens is 1. The molecule has 8 heteroatoms. The number of rotatable bonds is 7. The summed E-state index contributed by atoms with van der Waals surface area (Å²) in [5, 5.41) is 4.80. The molecule has 1 amide bonds. The van der Waals surface area contributed by atoms with Gasteiger partial charge in [-0.25, -0.2) is 0 Å². The number of amides is 1. The number of carbonyl (C=O) groups excluding carboxylic acids is 1. The maximum absolute atomic E-state index is 12.5. The van der Waals surface area contributed by atoms with Crippen molar-refractivity contribution in [3.8, 4) is 11.5 Å². The lowest BCUT2D eigenvalue weighted by Gasteiger charge is -2.26. The van der Waals surface area contributed by atoms with Gasteiger partial charge >= 0.3 is 0 Å². The number of pyridine rings is 1. The highest BCUT2D eigenvalue weighted by Gasteiger charge is 2.22. The van der Waals surface area contributed by atoms with Crippen molar-refractivity contribution in [1.29, 1.82) is 0 Å². The quantitative estimate of drug-likeness (QED) is 0.608. The maximum Gasteiger partial charge on any atom is 0.261 e. The van der Waals surface area contributed by atoms with Gasteiger partial charge < -0.3 is 19.8 Å². The predicted octanol–water partition coefficient (Wildman–Crippen LogP) is 2.64. The molecule has 3 aromatic rings. The van der Waals surface area contributed by atoms with Gasteiger partial charge in [0.2, 0.25) is 0 Å². The number of carbonyl (C=O) groups is 1. The van der Waals surface area contributed by atoms with Gasteiger partial charge in [-0.2, -0.15) is 0 Å². The summed E-state index contributed by atoms with van der Waals surface area (Å²) in [5.74, 6) is 0.908. The van der Waals surface area contributed by atoms with E-state index in [1.807, 2.05) is 42.8 Å². The molecule has 30 heavy (non-hydrogen) atoms. The fourth-order valence-corrected chi connectivity index (χ4v) is 4.05. The zero-order chi connectivity index (χ0) is 20.9. The number of ether oxygens (including phenoxy) is 2. The number of fused-ring (bicyclic) bond motifs is 1. The Bertz CT molecular complexity index is 1060. The molecule has 1 aromatic carbocycles. The Balaban J connectivity index is 1.31. The number of para-hydroxylation sites is 2. The minimum absolute atomic E-state index is 0.0804. The molecular weight excluding hydrogens is 402 g/mol. The molecule has 2 aromatic heterocycles. The van der Waals surface area contributed by atoms with Gasteiger partial charge in [0, 0.05) is 23.7 Å². The van der Waals surface area contributed by atoms with Gasteiger partial charge in [-0.15, -0.1) is 11.3 Å². The molecule has 0 spiro atoms. The second-order valence-corrected chi connectivity index (χ2v) is 8.22. The topological polar surface area (TPSA) is 83.7 Å². The Labute approximate surface area is 178 Å². The SMILES string of the molecule is CN(Cc1ccc(C(=O)NCC2COc3ccccc3O2)c(=O)[nH]1)Cc1cccs1. The van der Waals surface area contributed by atoms with E-state index in [1.165, 1.54) is 4.88 Å². The highest BCUT2D eigenvalue weighted by molar-refractivity contribution is 7.09. The van der Waals surface area contributed by atoms with Gasteiger partial charge in [-0.05, 0) is 42.8 Å². The van der Waals surface area contributed by atoms with E-state index in [-0.39, 0.29) is 18.2 Å². The molecule has 1 atom stereocenters. The lowest BCUT2D eigenvalue weighted by Crippen LogP contribution is -2.42. The summed E-state index contributed by atoms with van der Waals surface area (Å²) >= 11 is 1.70. The van der Waals surface area contributed by atoms with E-state index in [0.717, 1.165) is 12.2 Å². The summed E-state index contributed by atoms with van der Waals surface area (Å²) in [5.41, 5.74) is 0.439. The first-order valence-corrected chi connectivity index (χ1v) is 10.6. The van der Waals surface area contributed by atoms with Crippen molar-refractivity contribution in [2.45, 2.75) is 19.2 Å². The van der Waals surface area contributed by atoms with Gasteiger partial charge in [0.15, 0.2) is 11.5 Å². The van der Waals surface area contributed by atoms with Crippen LogP contribution in [0.25, 0.3) is 0 Å². The zero-order valence-electron chi connectivity index (χ0n) is 16.6. The van der Waals surface area contributed by atoms with E-state index in [0.29, 0.717) is 24.7 Å². The van der Waals surface area contributed by atoms with Gasteiger partial charge in [-0.1, -0.05) is 18.2 Å². The van der Waals surface area contributed by atoms with E-state index >= 15 is 0 Å². The minimum Gasteiger partial charge on any atom is -0.486 e. The fourth-order valence-electron chi connectivity index (χ4n) is 3.27. The average molecular weight is 426 g/mol. The molecule has 0 radical (unpaired) electrons. The molecule has 0 fully saturated rings. The lowest BCUT2D eigenvalue weighted by atomic mass is 10.2. The number of nitrogens with one attached hydrogen (secondary N) is 2.